The van der Waals surface area contributed by atoms with Crippen LogP contribution >= 0.6 is 0 Å². The maximum absolute atomic E-state index is 11.9. The van der Waals surface area contributed by atoms with Crippen molar-refractivity contribution in [3.63, 3.8) is 0 Å². The van der Waals surface area contributed by atoms with Gasteiger partial charge in [0.15, 0.2) is 0 Å². The van der Waals surface area contributed by atoms with Gasteiger partial charge in [0.25, 0.3) is 0 Å². The molecule has 1 aliphatic carbocycles. The Kier molecular flexibility index (Phi) is 4.80. The Balaban J connectivity index is 1.66. The second-order valence-corrected chi connectivity index (χ2v) is 5.09. The first-order valence-electron chi connectivity index (χ1n) is 6.71. The molecule has 1 saturated carbocycles. The SMILES string of the molecule is COC1CCC(C(=O)NCC2CCCO2)CC1. The molecule has 98 valence electrons. The van der Waals surface area contributed by atoms with Crippen LogP contribution in [-0.2, 0) is 14.3 Å². The number of amides is 1. The van der Waals surface area contributed by atoms with Crippen molar-refractivity contribution in [1.82, 2.24) is 5.32 Å². The van der Waals surface area contributed by atoms with E-state index in [0.29, 0.717) is 12.6 Å². The van der Waals surface area contributed by atoms with Gasteiger partial charge in [-0.3, -0.25) is 4.79 Å². The van der Waals surface area contributed by atoms with Crippen LogP contribution in [0.1, 0.15) is 38.5 Å². The molecular weight excluding hydrogens is 218 g/mol. The lowest BCUT2D eigenvalue weighted by molar-refractivity contribution is -0.127. The summed E-state index contributed by atoms with van der Waals surface area (Å²) in [6.07, 6.45) is 6.73. The van der Waals surface area contributed by atoms with E-state index in [0.717, 1.165) is 45.1 Å². The van der Waals surface area contributed by atoms with Crippen molar-refractivity contribution >= 4 is 5.91 Å². The highest BCUT2D eigenvalue weighted by Crippen LogP contribution is 2.26. The molecule has 1 unspecified atom stereocenters. The molecule has 2 fully saturated rings. The highest BCUT2D eigenvalue weighted by molar-refractivity contribution is 5.78. The van der Waals surface area contributed by atoms with Gasteiger partial charge in [0, 0.05) is 26.2 Å². The Bertz CT molecular complexity index is 243. The summed E-state index contributed by atoms with van der Waals surface area (Å²) >= 11 is 0. The molecule has 0 aromatic heterocycles. The number of methoxy groups -OCH3 is 1. The van der Waals surface area contributed by atoms with Crippen LogP contribution in [0.15, 0.2) is 0 Å². The lowest BCUT2D eigenvalue weighted by Gasteiger charge is -2.27. The zero-order chi connectivity index (χ0) is 12.1. The third-order valence-electron chi connectivity index (χ3n) is 3.91. The zero-order valence-corrected chi connectivity index (χ0v) is 10.6. The van der Waals surface area contributed by atoms with Gasteiger partial charge in [-0.1, -0.05) is 0 Å². The second-order valence-electron chi connectivity index (χ2n) is 5.09. The molecule has 17 heavy (non-hydrogen) atoms. The van der Waals surface area contributed by atoms with Crippen molar-refractivity contribution in [2.45, 2.75) is 50.7 Å². The Morgan fingerprint density at radius 1 is 1.29 bits per heavy atom. The minimum Gasteiger partial charge on any atom is -0.381 e. The molecule has 0 spiro atoms. The van der Waals surface area contributed by atoms with Gasteiger partial charge in [0.2, 0.25) is 5.91 Å². The summed E-state index contributed by atoms with van der Waals surface area (Å²) in [7, 11) is 1.75. The van der Waals surface area contributed by atoms with Gasteiger partial charge >= 0.3 is 0 Å². The van der Waals surface area contributed by atoms with Crippen LogP contribution in [0.4, 0.5) is 0 Å². The molecule has 1 N–H and O–H groups in total. The molecule has 4 heteroatoms. The van der Waals surface area contributed by atoms with Crippen LogP contribution in [0.25, 0.3) is 0 Å². The summed E-state index contributed by atoms with van der Waals surface area (Å²) in [5, 5.41) is 3.02. The first kappa shape index (κ1) is 12.8. The zero-order valence-electron chi connectivity index (χ0n) is 10.6. The molecule has 1 atom stereocenters. The Hall–Kier alpha value is -0.610. The minimum absolute atomic E-state index is 0.183. The van der Waals surface area contributed by atoms with E-state index in [2.05, 4.69) is 5.32 Å². The molecule has 4 nitrogen and oxygen atoms in total. The minimum atomic E-state index is 0.183. The van der Waals surface area contributed by atoms with Crippen molar-refractivity contribution in [2.24, 2.45) is 5.92 Å². The molecule has 1 saturated heterocycles. The third kappa shape index (κ3) is 3.68. The fourth-order valence-corrected chi connectivity index (χ4v) is 2.72. The number of ether oxygens (including phenoxy) is 2. The number of rotatable bonds is 4. The van der Waals surface area contributed by atoms with Crippen LogP contribution in [0.2, 0.25) is 0 Å². The first-order valence-corrected chi connectivity index (χ1v) is 6.71. The maximum Gasteiger partial charge on any atom is 0.223 e. The summed E-state index contributed by atoms with van der Waals surface area (Å²) in [5.74, 6) is 0.387. The van der Waals surface area contributed by atoms with E-state index < -0.39 is 0 Å². The summed E-state index contributed by atoms with van der Waals surface area (Å²) in [5.41, 5.74) is 0. The average Bonchev–Trinajstić information content (AvgIpc) is 2.89. The molecule has 0 aromatic rings. The summed E-state index contributed by atoms with van der Waals surface area (Å²) in [4.78, 5) is 11.9. The molecule has 0 aromatic carbocycles. The van der Waals surface area contributed by atoms with Gasteiger partial charge in [-0.15, -0.1) is 0 Å². The lowest BCUT2D eigenvalue weighted by Crippen LogP contribution is -2.38. The predicted octanol–water partition coefficient (Wildman–Crippen LogP) is 1.49. The topological polar surface area (TPSA) is 47.6 Å². The smallest absolute Gasteiger partial charge is 0.223 e. The van der Waals surface area contributed by atoms with Crippen LogP contribution < -0.4 is 5.32 Å². The number of nitrogens with one attached hydrogen (secondary N) is 1. The number of carbonyl (C=O) groups excluding carboxylic acids is 1. The molecule has 1 amide bonds. The van der Waals surface area contributed by atoms with Crippen molar-refractivity contribution in [3.05, 3.63) is 0 Å². The summed E-state index contributed by atoms with van der Waals surface area (Å²) < 4.78 is 10.8. The van der Waals surface area contributed by atoms with Crippen LogP contribution in [-0.4, -0.2) is 38.4 Å². The standard InChI is InChI=1S/C13H23NO3/c1-16-11-6-4-10(5-7-11)13(15)14-9-12-3-2-8-17-12/h10-12H,2-9H2,1H3,(H,14,15). The molecule has 0 radical (unpaired) electrons. The maximum atomic E-state index is 11.9. The van der Waals surface area contributed by atoms with E-state index in [9.17, 15) is 4.79 Å². The number of hydrogen-bond acceptors (Lipinski definition) is 3. The van der Waals surface area contributed by atoms with Crippen molar-refractivity contribution < 1.29 is 14.3 Å². The molecule has 2 aliphatic rings. The van der Waals surface area contributed by atoms with Crippen LogP contribution in [0, 0.1) is 5.92 Å². The Morgan fingerprint density at radius 2 is 2.06 bits per heavy atom. The summed E-state index contributed by atoms with van der Waals surface area (Å²) in [6, 6.07) is 0. The summed E-state index contributed by atoms with van der Waals surface area (Å²) in [6.45, 7) is 1.53. The highest BCUT2D eigenvalue weighted by atomic mass is 16.5. The third-order valence-corrected chi connectivity index (χ3v) is 3.91. The normalized spacial score (nSPS) is 33.6. The Labute approximate surface area is 103 Å². The molecule has 1 heterocycles. The van der Waals surface area contributed by atoms with E-state index in [1.807, 2.05) is 0 Å². The van der Waals surface area contributed by atoms with Gasteiger partial charge in [-0.2, -0.15) is 0 Å². The van der Waals surface area contributed by atoms with E-state index >= 15 is 0 Å². The molecule has 2 rings (SSSR count). The van der Waals surface area contributed by atoms with Crippen molar-refractivity contribution in [3.8, 4) is 0 Å². The largest absolute Gasteiger partial charge is 0.381 e. The average molecular weight is 241 g/mol. The van der Waals surface area contributed by atoms with E-state index in [4.69, 9.17) is 9.47 Å². The fourth-order valence-electron chi connectivity index (χ4n) is 2.72. The predicted molar refractivity (Wildman–Crippen MR) is 64.7 cm³/mol. The van der Waals surface area contributed by atoms with Crippen molar-refractivity contribution in [1.29, 1.82) is 0 Å². The number of carbonyl (C=O) groups is 1. The monoisotopic (exact) mass is 241 g/mol. The lowest BCUT2D eigenvalue weighted by atomic mass is 9.87. The van der Waals surface area contributed by atoms with Crippen molar-refractivity contribution in [2.75, 3.05) is 20.3 Å². The van der Waals surface area contributed by atoms with E-state index in [-0.39, 0.29) is 17.9 Å². The fraction of sp³-hybridized carbons (Fsp3) is 0.923. The quantitative estimate of drug-likeness (QED) is 0.811. The number of hydrogen-bond donors (Lipinski definition) is 1. The van der Waals surface area contributed by atoms with Gasteiger partial charge in [0.1, 0.15) is 0 Å². The molecule has 0 bridgehead atoms. The second kappa shape index (κ2) is 6.36. The molecule has 1 aliphatic heterocycles. The highest BCUT2D eigenvalue weighted by Gasteiger charge is 2.26. The van der Waals surface area contributed by atoms with E-state index in [1.165, 1.54) is 0 Å². The van der Waals surface area contributed by atoms with E-state index in [1.54, 1.807) is 7.11 Å². The Morgan fingerprint density at radius 3 is 2.65 bits per heavy atom. The molecular formula is C13H23NO3. The van der Waals surface area contributed by atoms with Gasteiger partial charge in [0.05, 0.1) is 12.2 Å². The van der Waals surface area contributed by atoms with Crippen LogP contribution in [0.5, 0.6) is 0 Å². The first-order chi connectivity index (χ1) is 8.29. The van der Waals surface area contributed by atoms with Gasteiger partial charge in [-0.05, 0) is 38.5 Å². The van der Waals surface area contributed by atoms with Gasteiger partial charge < -0.3 is 14.8 Å². The van der Waals surface area contributed by atoms with Crippen LogP contribution in [0.3, 0.4) is 0 Å². The van der Waals surface area contributed by atoms with Gasteiger partial charge in [-0.25, -0.2) is 0 Å².